The van der Waals surface area contributed by atoms with Gasteiger partial charge in [-0.25, -0.2) is 4.39 Å². The zero-order chi connectivity index (χ0) is 18.9. The number of rotatable bonds is 4. The van der Waals surface area contributed by atoms with Crippen molar-refractivity contribution < 1.29 is 17.6 Å². The lowest BCUT2D eigenvalue weighted by molar-refractivity contribution is -0.121. The van der Waals surface area contributed by atoms with Crippen LogP contribution in [0.5, 0.6) is 0 Å². The van der Waals surface area contributed by atoms with Crippen LogP contribution in [-0.2, 0) is 14.8 Å². The van der Waals surface area contributed by atoms with Crippen molar-refractivity contribution >= 4 is 21.8 Å². The maximum Gasteiger partial charge on any atom is 0.285 e. The van der Waals surface area contributed by atoms with Crippen LogP contribution in [0.15, 0.2) is 57.8 Å². The smallest absolute Gasteiger partial charge is 0.285 e. The largest absolute Gasteiger partial charge is 0.349 e. The highest BCUT2D eigenvalue weighted by Crippen LogP contribution is 2.26. The van der Waals surface area contributed by atoms with E-state index in [1.807, 2.05) is 0 Å². The van der Waals surface area contributed by atoms with E-state index in [0.29, 0.717) is 5.56 Å². The van der Waals surface area contributed by atoms with Gasteiger partial charge in [0.15, 0.2) is 5.84 Å². The maximum absolute atomic E-state index is 13.0. The molecule has 2 aromatic carbocycles. The van der Waals surface area contributed by atoms with Crippen LogP contribution >= 0.6 is 0 Å². The molecule has 0 fully saturated rings. The number of nitrogens with zero attached hydrogens (tertiary/aromatic N) is 2. The summed E-state index contributed by atoms with van der Waals surface area (Å²) in [5, 5.41) is 2.81. The first-order valence-corrected chi connectivity index (χ1v) is 9.42. The van der Waals surface area contributed by atoms with E-state index in [1.54, 1.807) is 44.3 Å². The number of halogens is 1. The summed E-state index contributed by atoms with van der Waals surface area (Å²) in [6.45, 7) is 1.73. The van der Waals surface area contributed by atoms with Crippen molar-refractivity contribution in [2.45, 2.75) is 17.9 Å². The molecule has 6 nitrogen and oxygen atoms in total. The lowest BCUT2D eigenvalue weighted by Gasteiger charge is -2.20. The monoisotopic (exact) mass is 375 g/mol. The minimum absolute atomic E-state index is 0.0613. The molecule has 1 atom stereocenters. The normalized spacial score (nSPS) is 15.7. The highest BCUT2D eigenvalue weighted by molar-refractivity contribution is 7.90. The molecule has 0 unspecified atom stereocenters. The molecule has 0 radical (unpaired) electrons. The fraction of sp³-hybridized carbons (Fsp3) is 0.222. The van der Waals surface area contributed by atoms with Gasteiger partial charge in [-0.2, -0.15) is 8.42 Å². The quantitative estimate of drug-likeness (QED) is 0.888. The summed E-state index contributed by atoms with van der Waals surface area (Å²) in [5.41, 5.74) is 1.25. The van der Waals surface area contributed by atoms with Crippen LogP contribution in [0.3, 0.4) is 0 Å². The number of benzene rings is 2. The van der Waals surface area contributed by atoms with E-state index in [-0.39, 0.29) is 35.0 Å². The topological polar surface area (TPSA) is 78.8 Å². The number of hydrogen-bond acceptors (Lipinski definition) is 4. The van der Waals surface area contributed by atoms with Gasteiger partial charge in [0.25, 0.3) is 10.0 Å². The minimum atomic E-state index is -3.73. The highest BCUT2D eigenvalue weighted by atomic mass is 32.2. The number of hydrogen-bond donors (Lipinski definition) is 1. The Morgan fingerprint density at radius 2 is 1.85 bits per heavy atom. The molecule has 26 heavy (non-hydrogen) atoms. The number of amides is 1. The van der Waals surface area contributed by atoms with Gasteiger partial charge in [0.2, 0.25) is 5.91 Å². The van der Waals surface area contributed by atoms with Crippen molar-refractivity contribution in [1.29, 1.82) is 0 Å². The minimum Gasteiger partial charge on any atom is -0.349 e. The zero-order valence-corrected chi connectivity index (χ0v) is 15.1. The van der Waals surface area contributed by atoms with E-state index in [0.717, 1.165) is 5.56 Å². The molecule has 1 heterocycles. The van der Waals surface area contributed by atoms with Gasteiger partial charge in [0.1, 0.15) is 10.7 Å². The lowest BCUT2D eigenvalue weighted by atomic mass is 10.1. The number of carbonyl (C=O) groups is 1. The molecule has 0 saturated carbocycles. The summed E-state index contributed by atoms with van der Waals surface area (Å²) >= 11 is 0. The summed E-state index contributed by atoms with van der Waals surface area (Å²) in [5.74, 6) is -0.398. The van der Waals surface area contributed by atoms with Crippen molar-refractivity contribution in [3.8, 4) is 0 Å². The molecule has 8 heteroatoms. The van der Waals surface area contributed by atoms with E-state index in [1.165, 1.54) is 23.1 Å². The fourth-order valence-corrected chi connectivity index (χ4v) is 4.03. The molecule has 2 aromatic rings. The van der Waals surface area contributed by atoms with Crippen molar-refractivity contribution in [2.24, 2.45) is 4.40 Å². The molecule has 0 spiro atoms. The molecule has 0 saturated heterocycles. The highest BCUT2D eigenvalue weighted by Gasteiger charge is 2.31. The second-order valence-corrected chi connectivity index (χ2v) is 7.66. The van der Waals surface area contributed by atoms with Gasteiger partial charge in [0, 0.05) is 12.6 Å². The zero-order valence-electron chi connectivity index (χ0n) is 14.3. The predicted octanol–water partition coefficient (Wildman–Crippen LogP) is 2.08. The Balaban J connectivity index is 1.69. The third kappa shape index (κ3) is 3.60. The Bertz CT molecular complexity index is 971. The van der Waals surface area contributed by atoms with Gasteiger partial charge in [-0.3, -0.25) is 4.79 Å². The van der Waals surface area contributed by atoms with E-state index in [2.05, 4.69) is 9.71 Å². The van der Waals surface area contributed by atoms with E-state index in [4.69, 9.17) is 0 Å². The van der Waals surface area contributed by atoms with E-state index >= 15 is 0 Å². The third-order valence-electron chi connectivity index (χ3n) is 4.10. The summed E-state index contributed by atoms with van der Waals surface area (Å²) in [6.07, 6.45) is 0. The number of carbonyl (C=O) groups excluding carboxylic acids is 1. The summed E-state index contributed by atoms with van der Waals surface area (Å²) in [7, 11) is -2.12. The molecular weight excluding hydrogens is 357 g/mol. The molecule has 3 rings (SSSR count). The average Bonchev–Trinajstić information content (AvgIpc) is 2.87. The van der Waals surface area contributed by atoms with Gasteiger partial charge < -0.3 is 10.2 Å². The third-order valence-corrected chi connectivity index (χ3v) is 5.43. The van der Waals surface area contributed by atoms with Crippen molar-refractivity contribution in [1.82, 2.24) is 10.2 Å². The standard InChI is InChI=1S/C18H18FN3O3S/c1-12(13-7-9-14(19)10-8-13)20-17(23)11-22(2)18-15-5-3-4-6-16(15)26(24,25)21-18/h3-10,12H,11H2,1-2H3,(H,20,23)/t12-/m1/s1. The molecular formula is C18H18FN3O3S. The first-order chi connectivity index (χ1) is 12.3. The van der Waals surface area contributed by atoms with E-state index in [9.17, 15) is 17.6 Å². The van der Waals surface area contributed by atoms with Crippen LogP contribution < -0.4 is 5.32 Å². The first-order valence-electron chi connectivity index (χ1n) is 7.98. The Labute approximate surface area is 151 Å². The van der Waals surface area contributed by atoms with Crippen molar-refractivity contribution in [3.05, 3.63) is 65.5 Å². The lowest BCUT2D eigenvalue weighted by Crippen LogP contribution is -2.39. The Morgan fingerprint density at radius 3 is 2.54 bits per heavy atom. The first kappa shape index (κ1) is 18.1. The second kappa shape index (κ2) is 6.87. The van der Waals surface area contributed by atoms with Crippen molar-refractivity contribution in [3.63, 3.8) is 0 Å². The number of amidine groups is 1. The number of fused-ring (bicyclic) bond motifs is 1. The Hall–Kier alpha value is -2.74. The SMILES string of the molecule is C[C@@H](NC(=O)CN(C)C1=NS(=O)(=O)c2ccccc21)c1ccc(F)cc1. The second-order valence-electron chi connectivity index (χ2n) is 6.08. The van der Waals surface area contributed by atoms with Gasteiger partial charge >= 0.3 is 0 Å². The van der Waals surface area contributed by atoms with Gasteiger partial charge in [-0.15, -0.1) is 4.40 Å². The van der Waals surface area contributed by atoms with Crippen LogP contribution in [0.2, 0.25) is 0 Å². The molecule has 1 N–H and O–H groups in total. The predicted molar refractivity (Wildman–Crippen MR) is 95.8 cm³/mol. The van der Waals surface area contributed by atoms with Gasteiger partial charge in [0.05, 0.1) is 12.6 Å². The summed E-state index contributed by atoms with van der Waals surface area (Å²) in [6, 6.07) is 12.1. The Kier molecular flexibility index (Phi) is 4.78. The van der Waals surface area contributed by atoms with Gasteiger partial charge in [-0.1, -0.05) is 24.3 Å². The average molecular weight is 375 g/mol. The molecule has 1 aliphatic rings. The Morgan fingerprint density at radius 1 is 1.19 bits per heavy atom. The molecule has 0 aromatic heterocycles. The molecule has 1 amide bonds. The molecule has 1 aliphatic heterocycles. The molecule has 136 valence electrons. The van der Waals surface area contributed by atoms with Crippen LogP contribution in [0.1, 0.15) is 24.1 Å². The fourth-order valence-electron chi connectivity index (χ4n) is 2.78. The summed E-state index contributed by atoms with van der Waals surface area (Å²) in [4.78, 5) is 13.9. The van der Waals surface area contributed by atoms with E-state index < -0.39 is 10.0 Å². The molecule has 0 aliphatic carbocycles. The van der Waals surface area contributed by atoms with Crippen LogP contribution in [0.4, 0.5) is 4.39 Å². The number of likely N-dealkylation sites (N-methyl/N-ethyl adjacent to an activating group) is 1. The van der Waals surface area contributed by atoms with Crippen molar-refractivity contribution in [2.75, 3.05) is 13.6 Å². The number of sulfonamides is 1. The van der Waals surface area contributed by atoms with Crippen LogP contribution in [-0.4, -0.2) is 38.7 Å². The van der Waals surface area contributed by atoms with Gasteiger partial charge in [-0.05, 0) is 36.8 Å². The molecule has 0 bridgehead atoms. The van der Waals surface area contributed by atoms with Crippen LogP contribution in [0.25, 0.3) is 0 Å². The van der Waals surface area contributed by atoms with Crippen LogP contribution in [0, 0.1) is 5.82 Å². The number of nitrogens with one attached hydrogen (secondary N) is 1. The summed E-state index contributed by atoms with van der Waals surface area (Å²) < 4.78 is 41.0. The maximum atomic E-state index is 13.0.